The topological polar surface area (TPSA) is 87.7 Å². The molecule has 0 aliphatic heterocycles. The van der Waals surface area contributed by atoms with E-state index in [1.807, 2.05) is 13.8 Å². The fraction of sp³-hybridized carbons (Fsp3) is 0.250. The lowest BCUT2D eigenvalue weighted by Gasteiger charge is -2.21. The number of halogens is 2. The van der Waals surface area contributed by atoms with E-state index in [0.29, 0.717) is 5.56 Å². The number of ether oxygens (including phenoxy) is 1. The lowest BCUT2D eigenvalue weighted by atomic mass is 10.2. The molecule has 0 unspecified atom stereocenters. The number of esters is 1. The molecule has 9 heteroatoms. The van der Waals surface area contributed by atoms with Crippen LogP contribution in [0.2, 0.25) is 0 Å². The van der Waals surface area contributed by atoms with Gasteiger partial charge in [0.2, 0.25) is 0 Å². The van der Waals surface area contributed by atoms with E-state index >= 15 is 0 Å². The highest BCUT2D eigenvalue weighted by atomic mass is 19.1. The summed E-state index contributed by atoms with van der Waals surface area (Å²) in [4.78, 5) is 37.6. The van der Waals surface area contributed by atoms with E-state index in [0.717, 1.165) is 37.0 Å². The molecule has 2 aromatic carbocycles. The zero-order chi connectivity index (χ0) is 21.4. The van der Waals surface area contributed by atoms with E-state index in [1.54, 1.807) is 24.3 Å². The maximum Gasteiger partial charge on any atom is 0.344 e. The Hall–Kier alpha value is -3.49. The minimum absolute atomic E-state index is 0.312. The van der Waals surface area contributed by atoms with E-state index in [1.165, 1.54) is 0 Å². The third-order valence-corrected chi connectivity index (χ3v) is 4.07. The van der Waals surface area contributed by atoms with Gasteiger partial charge in [-0.2, -0.15) is 0 Å². The van der Waals surface area contributed by atoms with E-state index in [4.69, 9.17) is 0 Å². The Kier molecular flexibility index (Phi) is 7.64. The molecule has 0 aliphatic rings. The van der Waals surface area contributed by atoms with Gasteiger partial charge in [0.15, 0.2) is 6.61 Å². The quantitative estimate of drug-likeness (QED) is 0.546. The second kappa shape index (κ2) is 10.2. The highest BCUT2D eigenvalue weighted by Gasteiger charge is 2.19. The van der Waals surface area contributed by atoms with Gasteiger partial charge in [-0.3, -0.25) is 20.4 Å². The van der Waals surface area contributed by atoms with Crippen LogP contribution in [0.3, 0.4) is 0 Å². The van der Waals surface area contributed by atoms with Crippen LogP contribution in [0.25, 0.3) is 0 Å². The summed E-state index contributed by atoms with van der Waals surface area (Å²) in [6.45, 7) is 4.87. The molecule has 0 aromatic heterocycles. The maximum atomic E-state index is 13.5. The lowest BCUT2D eigenvalue weighted by molar-refractivity contribution is -0.125. The molecule has 0 spiro atoms. The maximum absolute atomic E-state index is 13.5. The van der Waals surface area contributed by atoms with Crippen molar-refractivity contribution in [2.75, 3.05) is 24.6 Å². The summed E-state index contributed by atoms with van der Waals surface area (Å²) in [7, 11) is 0. The molecule has 0 saturated heterocycles. The average molecular weight is 405 g/mol. The summed E-state index contributed by atoms with van der Waals surface area (Å²) in [5, 5.41) is 0. The molecular weight excluding hydrogens is 384 g/mol. The first-order valence-corrected chi connectivity index (χ1v) is 8.92. The van der Waals surface area contributed by atoms with Crippen LogP contribution in [-0.4, -0.2) is 37.5 Å². The summed E-state index contributed by atoms with van der Waals surface area (Å²) in [6.07, 6.45) is 0. The molecule has 0 saturated carbocycles. The van der Waals surface area contributed by atoms with Crippen molar-refractivity contribution in [2.24, 2.45) is 0 Å². The van der Waals surface area contributed by atoms with Crippen LogP contribution in [0.1, 0.15) is 34.6 Å². The van der Waals surface area contributed by atoms with Crippen LogP contribution < -0.4 is 15.8 Å². The third-order valence-electron chi connectivity index (χ3n) is 4.07. The Balaban J connectivity index is 1.84. The minimum atomic E-state index is -1.32. The number of rotatable bonds is 7. The van der Waals surface area contributed by atoms with Crippen LogP contribution in [0.15, 0.2) is 42.5 Å². The molecule has 2 aromatic rings. The Labute approximate surface area is 166 Å². The van der Waals surface area contributed by atoms with E-state index in [9.17, 15) is 23.2 Å². The summed E-state index contributed by atoms with van der Waals surface area (Å²) in [5.41, 5.74) is 4.61. The number of carbonyl (C=O) groups is 3. The molecule has 2 amide bonds. The summed E-state index contributed by atoms with van der Waals surface area (Å²) in [5.74, 6) is -4.97. The molecule has 0 radical (unpaired) electrons. The van der Waals surface area contributed by atoms with Crippen molar-refractivity contribution in [3.63, 3.8) is 0 Å². The van der Waals surface area contributed by atoms with Gasteiger partial charge in [-0.1, -0.05) is 6.07 Å². The number of amides is 2. The first-order chi connectivity index (χ1) is 13.9. The predicted molar refractivity (Wildman–Crippen MR) is 102 cm³/mol. The molecule has 7 nitrogen and oxygen atoms in total. The van der Waals surface area contributed by atoms with Crippen LogP contribution in [0, 0.1) is 11.6 Å². The monoisotopic (exact) mass is 405 g/mol. The van der Waals surface area contributed by atoms with Crippen molar-refractivity contribution in [3.8, 4) is 0 Å². The van der Waals surface area contributed by atoms with Crippen molar-refractivity contribution in [2.45, 2.75) is 13.8 Å². The number of hydrogen-bond donors (Lipinski definition) is 2. The third kappa shape index (κ3) is 5.74. The van der Waals surface area contributed by atoms with E-state index in [-0.39, 0.29) is 0 Å². The van der Waals surface area contributed by atoms with Gasteiger partial charge >= 0.3 is 5.97 Å². The van der Waals surface area contributed by atoms with Gasteiger partial charge in [-0.05, 0) is 50.2 Å². The summed E-state index contributed by atoms with van der Waals surface area (Å²) < 4.78 is 31.5. The predicted octanol–water partition coefficient (Wildman–Crippen LogP) is 2.43. The van der Waals surface area contributed by atoms with Crippen molar-refractivity contribution in [3.05, 3.63) is 65.2 Å². The van der Waals surface area contributed by atoms with Gasteiger partial charge in [0.25, 0.3) is 11.8 Å². The van der Waals surface area contributed by atoms with E-state index < -0.39 is 41.6 Å². The fourth-order valence-electron chi connectivity index (χ4n) is 2.54. The number of benzene rings is 2. The second-order valence-electron chi connectivity index (χ2n) is 5.89. The second-order valence-corrected chi connectivity index (χ2v) is 5.89. The number of nitrogens with one attached hydrogen (secondary N) is 2. The van der Waals surface area contributed by atoms with Crippen molar-refractivity contribution in [1.82, 2.24) is 10.9 Å². The molecule has 0 fully saturated rings. The molecule has 0 aliphatic carbocycles. The number of hydrogen-bond acceptors (Lipinski definition) is 5. The lowest BCUT2D eigenvalue weighted by Crippen LogP contribution is -2.43. The largest absolute Gasteiger partial charge is 0.452 e. The first-order valence-electron chi connectivity index (χ1n) is 8.92. The van der Waals surface area contributed by atoms with E-state index in [2.05, 4.69) is 20.5 Å². The molecule has 0 bridgehead atoms. The van der Waals surface area contributed by atoms with Crippen molar-refractivity contribution < 1.29 is 27.9 Å². The molecular formula is C20H21F2N3O4. The highest BCUT2D eigenvalue weighted by Crippen LogP contribution is 2.15. The normalized spacial score (nSPS) is 10.2. The van der Waals surface area contributed by atoms with Crippen LogP contribution >= 0.6 is 0 Å². The first kappa shape index (κ1) is 21.8. The molecule has 2 rings (SSSR count). The number of nitrogens with zero attached hydrogens (tertiary/aromatic N) is 1. The average Bonchev–Trinajstić information content (AvgIpc) is 2.71. The molecule has 154 valence electrons. The van der Waals surface area contributed by atoms with Gasteiger partial charge in [-0.15, -0.1) is 0 Å². The fourth-order valence-corrected chi connectivity index (χ4v) is 2.54. The Morgan fingerprint density at radius 1 is 0.931 bits per heavy atom. The van der Waals surface area contributed by atoms with Gasteiger partial charge in [-0.25, -0.2) is 13.6 Å². The van der Waals surface area contributed by atoms with Gasteiger partial charge in [0.05, 0.1) is 0 Å². The van der Waals surface area contributed by atoms with Crippen molar-refractivity contribution >= 4 is 23.5 Å². The highest BCUT2D eigenvalue weighted by molar-refractivity contribution is 5.96. The molecule has 0 heterocycles. The number of carbonyl (C=O) groups excluding carboxylic acids is 3. The van der Waals surface area contributed by atoms with Crippen LogP contribution in [0.4, 0.5) is 14.5 Å². The summed E-state index contributed by atoms with van der Waals surface area (Å²) in [6, 6.07) is 9.67. The van der Waals surface area contributed by atoms with Crippen LogP contribution in [0.5, 0.6) is 0 Å². The van der Waals surface area contributed by atoms with Gasteiger partial charge < -0.3 is 9.64 Å². The van der Waals surface area contributed by atoms with Crippen molar-refractivity contribution in [1.29, 1.82) is 0 Å². The number of anilines is 1. The van der Waals surface area contributed by atoms with Crippen LogP contribution in [-0.2, 0) is 9.53 Å². The smallest absolute Gasteiger partial charge is 0.344 e. The Morgan fingerprint density at radius 3 is 2.07 bits per heavy atom. The standard InChI is InChI=1S/C20H21F2N3O4/c1-3-25(4-2)14-10-8-13(9-11-14)19(27)24-23-17(26)12-29-20(28)18-15(21)6-5-7-16(18)22/h5-11H,3-4,12H2,1-2H3,(H,23,26)(H,24,27). The summed E-state index contributed by atoms with van der Waals surface area (Å²) >= 11 is 0. The van der Waals surface area contributed by atoms with Gasteiger partial charge in [0.1, 0.15) is 17.2 Å². The number of hydrazine groups is 1. The molecule has 29 heavy (non-hydrogen) atoms. The Bertz CT molecular complexity index is 864. The molecule has 0 atom stereocenters. The molecule has 2 N–H and O–H groups in total. The SMILES string of the molecule is CCN(CC)c1ccc(C(=O)NNC(=O)COC(=O)c2c(F)cccc2F)cc1. The van der Waals surface area contributed by atoms with Gasteiger partial charge in [0, 0.05) is 24.3 Å². The zero-order valence-corrected chi connectivity index (χ0v) is 16.0. The zero-order valence-electron chi connectivity index (χ0n) is 16.0. The minimum Gasteiger partial charge on any atom is -0.452 e. The Morgan fingerprint density at radius 2 is 1.52 bits per heavy atom.